The first-order valence-electron chi connectivity index (χ1n) is 2.56. The van der Waals surface area contributed by atoms with Gasteiger partial charge < -0.3 is 10.7 Å². The molecule has 0 aliphatic carbocycles. The number of aromatic nitrogens is 2. The predicted molar refractivity (Wildman–Crippen MR) is 40.0 cm³/mol. The van der Waals surface area contributed by atoms with Gasteiger partial charge in [0, 0.05) is 12.6 Å². The summed E-state index contributed by atoms with van der Waals surface area (Å²) >= 11 is 0. The molecule has 0 amide bonds. The van der Waals surface area contributed by atoms with Crippen LogP contribution in [0.4, 0.5) is 0 Å². The number of nitrogens with one attached hydrogen (secondary N) is 1. The number of hydrogen-bond donors (Lipinski definition) is 2. The molecule has 0 aliphatic heterocycles. The quantitative estimate of drug-likeness (QED) is 0.592. The van der Waals surface area contributed by atoms with Crippen LogP contribution in [0, 0.1) is 0 Å². The standard InChI is InChI=1S/C5H7N3O.ClH/c6-2-4-1-5(9)8-3-7-4;/h1,3H,2,6H2,(H,7,8,9);1H. The van der Waals surface area contributed by atoms with Gasteiger partial charge in [-0.15, -0.1) is 12.4 Å². The Bertz CT molecular complexity index is 247. The fourth-order valence-electron chi connectivity index (χ4n) is 0.521. The van der Waals surface area contributed by atoms with Gasteiger partial charge in [-0.1, -0.05) is 0 Å². The Balaban J connectivity index is 0.000000810. The number of H-pyrrole nitrogens is 1. The van der Waals surface area contributed by atoms with Crippen LogP contribution >= 0.6 is 12.4 Å². The summed E-state index contributed by atoms with van der Waals surface area (Å²) in [5, 5.41) is 0. The second kappa shape index (κ2) is 4.03. The minimum absolute atomic E-state index is 0. The van der Waals surface area contributed by atoms with Crippen LogP contribution in [0.3, 0.4) is 0 Å². The largest absolute Gasteiger partial charge is 0.325 e. The summed E-state index contributed by atoms with van der Waals surface area (Å²) in [6, 6.07) is 1.38. The molecule has 0 saturated heterocycles. The molecule has 1 aromatic heterocycles. The van der Waals surface area contributed by atoms with Crippen LogP contribution in [0.15, 0.2) is 17.2 Å². The molecular formula is C5H8ClN3O. The zero-order valence-corrected chi connectivity index (χ0v) is 6.02. The summed E-state index contributed by atoms with van der Waals surface area (Å²) in [4.78, 5) is 16.7. The number of nitrogens with zero attached hydrogens (tertiary/aromatic N) is 1. The minimum atomic E-state index is -0.162. The Morgan fingerprint density at radius 2 is 2.40 bits per heavy atom. The molecule has 0 aromatic carbocycles. The van der Waals surface area contributed by atoms with E-state index >= 15 is 0 Å². The van der Waals surface area contributed by atoms with Gasteiger partial charge in [0.15, 0.2) is 0 Å². The van der Waals surface area contributed by atoms with E-state index in [1.165, 1.54) is 12.4 Å². The molecule has 56 valence electrons. The molecule has 0 radical (unpaired) electrons. The zero-order chi connectivity index (χ0) is 6.69. The maximum atomic E-state index is 10.5. The van der Waals surface area contributed by atoms with Crippen LogP contribution in [-0.4, -0.2) is 9.97 Å². The Kier molecular flexibility index (Phi) is 3.68. The van der Waals surface area contributed by atoms with E-state index in [0.717, 1.165) is 0 Å². The number of hydrogen-bond acceptors (Lipinski definition) is 3. The number of aromatic amines is 1. The number of rotatable bonds is 1. The lowest BCUT2D eigenvalue weighted by atomic mass is 10.4. The molecular weight excluding hydrogens is 154 g/mol. The molecule has 4 nitrogen and oxygen atoms in total. The van der Waals surface area contributed by atoms with E-state index < -0.39 is 0 Å². The van der Waals surface area contributed by atoms with Crippen molar-refractivity contribution < 1.29 is 0 Å². The highest BCUT2D eigenvalue weighted by Crippen LogP contribution is 1.80. The topological polar surface area (TPSA) is 71.8 Å². The normalized spacial score (nSPS) is 8.50. The van der Waals surface area contributed by atoms with Gasteiger partial charge in [0.1, 0.15) is 0 Å². The molecule has 0 saturated carbocycles. The lowest BCUT2D eigenvalue weighted by Crippen LogP contribution is -2.09. The van der Waals surface area contributed by atoms with Crippen LogP contribution in [0.25, 0.3) is 0 Å². The molecule has 1 heterocycles. The van der Waals surface area contributed by atoms with E-state index in [2.05, 4.69) is 9.97 Å². The van der Waals surface area contributed by atoms with Crippen molar-refractivity contribution in [1.82, 2.24) is 9.97 Å². The highest BCUT2D eigenvalue weighted by Gasteiger charge is 1.87. The van der Waals surface area contributed by atoms with Gasteiger partial charge in [0.2, 0.25) is 0 Å². The Labute approximate surface area is 63.9 Å². The highest BCUT2D eigenvalue weighted by molar-refractivity contribution is 5.85. The minimum Gasteiger partial charge on any atom is -0.325 e. The lowest BCUT2D eigenvalue weighted by Gasteiger charge is -1.89. The predicted octanol–water partition coefficient (Wildman–Crippen LogP) is -0.350. The first kappa shape index (κ1) is 9.13. The van der Waals surface area contributed by atoms with Gasteiger partial charge in [-0.3, -0.25) is 4.79 Å². The Hall–Kier alpha value is -0.870. The molecule has 0 atom stereocenters. The smallest absolute Gasteiger partial charge is 0.250 e. The van der Waals surface area contributed by atoms with E-state index in [4.69, 9.17) is 5.73 Å². The van der Waals surface area contributed by atoms with Crippen molar-refractivity contribution in [2.24, 2.45) is 5.73 Å². The molecule has 1 aromatic rings. The van der Waals surface area contributed by atoms with Gasteiger partial charge in [0.25, 0.3) is 5.56 Å². The molecule has 5 heteroatoms. The monoisotopic (exact) mass is 161 g/mol. The van der Waals surface area contributed by atoms with Crippen molar-refractivity contribution in [3.8, 4) is 0 Å². The van der Waals surface area contributed by atoms with Crippen molar-refractivity contribution in [3.05, 3.63) is 28.4 Å². The van der Waals surface area contributed by atoms with E-state index in [1.807, 2.05) is 0 Å². The Morgan fingerprint density at radius 3 is 2.80 bits per heavy atom. The molecule has 10 heavy (non-hydrogen) atoms. The SMILES string of the molecule is Cl.NCc1cc(=O)[nH]cn1. The van der Waals surface area contributed by atoms with Gasteiger partial charge in [-0.25, -0.2) is 4.98 Å². The molecule has 1 rings (SSSR count). The second-order valence-electron chi connectivity index (χ2n) is 1.61. The molecule has 0 unspecified atom stereocenters. The van der Waals surface area contributed by atoms with Crippen molar-refractivity contribution in [2.45, 2.75) is 6.54 Å². The molecule has 0 aliphatic rings. The number of nitrogens with two attached hydrogens (primary N) is 1. The highest BCUT2D eigenvalue weighted by atomic mass is 35.5. The van der Waals surface area contributed by atoms with Crippen LogP contribution in [0.1, 0.15) is 5.69 Å². The average molecular weight is 162 g/mol. The van der Waals surface area contributed by atoms with Crippen molar-refractivity contribution in [1.29, 1.82) is 0 Å². The van der Waals surface area contributed by atoms with Crippen LogP contribution in [-0.2, 0) is 6.54 Å². The maximum Gasteiger partial charge on any atom is 0.250 e. The maximum absolute atomic E-state index is 10.5. The fraction of sp³-hybridized carbons (Fsp3) is 0.200. The summed E-state index contributed by atoms with van der Waals surface area (Å²) in [5.41, 5.74) is 5.65. The first-order chi connectivity index (χ1) is 4.33. The van der Waals surface area contributed by atoms with Crippen molar-refractivity contribution >= 4 is 12.4 Å². The summed E-state index contributed by atoms with van der Waals surface area (Å²) in [6.07, 6.45) is 1.34. The van der Waals surface area contributed by atoms with Gasteiger partial charge in [0.05, 0.1) is 12.0 Å². The molecule has 0 spiro atoms. The third kappa shape index (κ3) is 2.16. The zero-order valence-electron chi connectivity index (χ0n) is 5.20. The average Bonchev–Trinajstić information content (AvgIpc) is 1.88. The Morgan fingerprint density at radius 1 is 1.70 bits per heavy atom. The van der Waals surface area contributed by atoms with E-state index in [0.29, 0.717) is 12.2 Å². The summed E-state index contributed by atoms with van der Waals surface area (Å²) in [6.45, 7) is 0.309. The first-order valence-corrected chi connectivity index (χ1v) is 2.56. The summed E-state index contributed by atoms with van der Waals surface area (Å²) < 4.78 is 0. The molecule has 0 fully saturated rings. The summed E-state index contributed by atoms with van der Waals surface area (Å²) in [7, 11) is 0. The summed E-state index contributed by atoms with van der Waals surface area (Å²) in [5.74, 6) is 0. The van der Waals surface area contributed by atoms with Gasteiger partial charge in [-0.05, 0) is 0 Å². The van der Waals surface area contributed by atoms with Crippen LogP contribution in [0.5, 0.6) is 0 Å². The third-order valence-corrected chi connectivity index (χ3v) is 0.944. The second-order valence-corrected chi connectivity index (χ2v) is 1.61. The molecule has 3 N–H and O–H groups in total. The van der Waals surface area contributed by atoms with Crippen molar-refractivity contribution in [2.75, 3.05) is 0 Å². The molecule has 0 bridgehead atoms. The fourth-order valence-corrected chi connectivity index (χ4v) is 0.521. The van der Waals surface area contributed by atoms with E-state index in [1.54, 1.807) is 0 Å². The third-order valence-electron chi connectivity index (χ3n) is 0.944. The van der Waals surface area contributed by atoms with E-state index in [-0.39, 0.29) is 18.0 Å². The van der Waals surface area contributed by atoms with Gasteiger partial charge in [-0.2, -0.15) is 0 Å². The van der Waals surface area contributed by atoms with Crippen LogP contribution < -0.4 is 11.3 Å². The van der Waals surface area contributed by atoms with Crippen molar-refractivity contribution in [3.63, 3.8) is 0 Å². The number of halogens is 1. The van der Waals surface area contributed by atoms with Crippen LogP contribution in [0.2, 0.25) is 0 Å². The lowest BCUT2D eigenvalue weighted by molar-refractivity contribution is 0.949. The van der Waals surface area contributed by atoms with Gasteiger partial charge >= 0.3 is 0 Å². The van der Waals surface area contributed by atoms with E-state index in [9.17, 15) is 4.79 Å².